The highest BCUT2D eigenvalue weighted by molar-refractivity contribution is 8.00. The summed E-state index contributed by atoms with van der Waals surface area (Å²) < 4.78 is 0. The van der Waals surface area contributed by atoms with Gasteiger partial charge in [0.05, 0.1) is 15.1 Å². The van der Waals surface area contributed by atoms with Crippen molar-refractivity contribution in [2.75, 3.05) is 0 Å². The first kappa shape index (κ1) is 14.1. The summed E-state index contributed by atoms with van der Waals surface area (Å²) >= 11 is 1.36. The predicted molar refractivity (Wildman–Crippen MR) is 75.5 cm³/mol. The van der Waals surface area contributed by atoms with Gasteiger partial charge < -0.3 is 0 Å². The number of nitrogens with zero attached hydrogens (tertiary/aromatic N) is 1. The Hall–Kier alpha value is -1.36. The maximum Gasteiger partial charge on any atom is 0.282 e. The molecule has 0 unspecified atom stereocenters. The summed E-state index contributed by atoms with van der Waals surface area (Å²) in [5.41, 5.74) is 0.0994. The SMILES string of the molecule is O=C1CCCCCC[C@@H]1Sc1ccccc1[N+](=O)[O-]. The summed E-state index contributed by atoms with van der Waals surface area (Å²) in [6.45, 7) is 0. The summed E-state index contributed by atoms with van der Waals surface area (Å²) in [4.78, 5) is 23.3. The highest BCUT2D eigenvalue weighted by Gasteiger charge is 2.24. The van der Waals surface area contributed by atoms with Crippen LogP contribution in [0.4, 0.5) is 5.69 Å². The Morgan fingerprint density at radius 3 is 2.68 bits per heavy atom. The largest absolute Gasteiger partial charge is 0.298 e. The number of hydrogen-bond acceptors (Lipinski definition) is 4. The van der Waals surface area contributed by atoms with Gasteiger partial charge in [-0.15, -0.1) is 11.8 Å². The molecule has 1 aliphatic carbocycles. The molecule has 0 spiro atoms. The minimum absolute atomic E-state index is 0.0994. The van der Waals surface area contributed by atoms with E-state index < -0.39 is 0 Å². The minimum Gasteiger partial charge on any atom is -0.298 e. The average molecular weight is 279 g/mol. The van der Waals surface area contributed by atoms with Gasteiger partial charge in [-0.25, -0.2) is 0 Å². The summed E-state index contributed by atoms with van der Waals surface area (Å²) in [5.74, 6) is 0.239. The fourth-order valence-corrected chi connectivity index (χ4v) is 3.55. The Labute approximate surface area is 116 Å². The number of carbonyl (C=O) groups excluding carboxylic acids is 1. The lowest BCUT2D eigenvalue weighted by atomic mass is 9.99. The van der Waals surface area contributed by atoms with Crippen molar-refractivity contribution >= 4 is 23.2 Å². The number of para-hydroxylation sites is 1. The van der Waals surface area contributed by atoms with E-state index in [-0.39, 0.29) is 21.6 Å². The van der Waals surface area contributed by atoms with Gasteiger partial charge >= 0.3 is 0 Å². The topological polar surface area (TPSA) is 60.2 Å². The average Bonchev–Trinajstić information content (AvgIpc) is 2.39. The van der Waals surface area contributed by atoms with Crippen LogP contribution >= 0.6 is 11.8 Å². The summed E-state index contributed by atoms with van der Waals surface area (Å²) in [6, 6.07) is 6.66. The number of hydrogen-bond donors (Lipinski definition) is 0. The third-order valence-corrected chi connectivity index (χ3v) is 4.71. The molecule has 0 aromatic heterocycles. The molecular formula is C14H17NO3S. The number of benzene rings is 1. The number of rotatable bonds is 3. The molecule has 0 amide bonds. The Balaban J connectivity index is 2.14. The highest BCUT2D eigenvalue weighted by atomic mass is 32.2. The number of carbonyl (C=O) groups is 1. The van der Waals surface area contributed by atoms with Crippen molar-refractivity contribution in [3.8, 4) is 0 Å². The van der Waals surface area contributed by atoms with E-state index in [2.05, 4.69) is 0 Å². The van der Waals surface area contributed by atoms with Crippen LogP contribution in [0.15, 0.2) is 29.2 Å². The van der Waals surface area contributed by atoms with Crippen LogP contribution in [-0.2, 0) is 4.79 Å². The fourth-order valence-electron chi connectivity index (χ4n) is 2.29. The van der Waals surface area contributed by atoms with Crippen LogP contribution in [0.1, 0.15) is 38.5 Å². The highest BCUT2D eigenvalue weighted by Crippen LogP contribution is 2.35. The smallest absolute Gasteiger partial charge is 0.282 e. The third kappa shape index (κ3) is 3.80. The molecule has 5 heteroatoms. The van der Waals surface area contributed by atoms with Crippen LogP contribution in [-0.4, -0.2) is 16.0 Å². The van der Waals surface area contributed by atoms with Crippen molar-refractivity contribution in [1.82, 2.24) is 0 Å². The molecule has 19 heavy (non-hydrogen) atoms. The molecular weight excluding hydrogens is 262 g/mol. The Kier molecular flexibility index (Phi) is 4.96. The first-order chi connectivity index (χ1) is 9.18. The van der Waals surface area contributed by atoms with Crippen molar-refractivity contribution in [3.63, 3.8) is 0 Å². The van der Waals surface area contributed by atoms with Crippen molar-refractivity contribution in [2.24, 2.45) is 0 Å². The maximum absolute atomic E-state index is 12.1. The second kappa shape index (κ2) is 6.70. The Morgan fingerprint density at radius 1 is 1.16 bits per heavy atom. The second-order valence-corrected chi connectivity index (χ2v) is 6.00. The van der Waals surface area contributed by atoms with Crippen LogP contribution in [0.25, 0.3) is 0 Å². The summed E-state index contributed by atoms with van der Waals surface area (Å²) in [6.07, 6.45) is 5.69. The number of thioether (sulfide) groups is 1. The summed E-state index contributed by atoms with van der Waals surface area (Å²) in [7, 11) is 0. The van der Waals surface area contributed by atoms with Gasteiger partial charge in [-0.3, -0.25) is 14.9 Å². The van der Waals surface area contributed by atoms with E-state index in [1.165, 1.54) is 17.8 Å². The minimum atomic E-state index is -0.379. The molecule has 0 radical (unpaired) electrons. The number of nitro benzene ring substituents is 1. The summed E-state index contributed by atoms with van der Waals surface area (Å²) in [5, 5.41) is 10.9. The molecule has 1 aromatic carbocycles. The molecule has 0 aliphatic heterocycles. The number of nitro groups is 1. The van der Waals surface area contributed by atoms with E-state index in [0.29, 0.717) is 11.3 Å². The molecule has 1 atom stereocenters. The lowest BCUT2D eigenvalue weighted by Crippen LogP contribution is -2.18. The standard InChI is InChI=1S/C14H17NO3S/c16-12-8-3-1-2-4-10-14(12)19-13-9-6-5-7-11(13)15(17)18/h5-7,9,14H,1-4,8,10H2/t14-/m0/s1. The van der Waals surface area contributed by atoms with Gasteiger partial charge in [-0.1, -0.05) is 31.4 Å². The van der Waals surface area contributed by atoms with Crippen LogP contribution in [0.3, 0.4) is 0 Å². The van der Waals surface area contributed by atoms with Gasteiger partial charge in [0.1, 0.15) is 5.78 Å². The van der Waals surface area contributed by atoms with Gasteiger partial charge in [-0.2, -0.15) is 0 Å². The normalized spacial score (nSPS) is 20.6. The van der Waals surface area contributed by atoms with E-state index in [1.807, 2.05) is 0 Å². The molecule has 0 N–H and O–H groups in total. The van der Waals surface area contributed by atoms with Crippen molar-refractivity contribution in [1.29, 1.82) is 0 Å². The van der Waals surface area contributed by atoms with E-state index in [0.717, 1.165) is 32.1 Å². The zero-order valence-corrected chi connectivity index (χ0v) is 11.5. The molecule has 0 saturated heterocycles. The molecule has 0 bridgehead atoms. The first-order valence-corrected chi connectivity index (χ1v) is 7.49. The molecule has 4 nitrogen and oxygen atoms in total. The molecule has 1 aliphatic rings. The van der Waals surface area contributed by atoms with Crippen molar-refractivity contribution < 1.29 is 9.72 Å². The molecule has 1 saturated carbocycles. The second-order valence-electron chi connectivity index (χ2n) is 4.75. The van der Waals surface area contributed by atoms with Gasteiger partial charge in [0, 0.05) is 12.5 Å². The van der Waals surface area contributed by atoms with Gasteiger partial charge in [0.25, 0.3) is 5.69 Å². The lowest BCUT2D eigenvalue weighted by Gasteiger charge is -2.18. The van der Waals surface area contributed by atoms with Crippen LogP contribution in [0, 0.1) is 10.1 Å². The van der Waals surface area contributed by atoms with Crippen LogP contribution < -0.4 is 0 Å². The van der Waals surface area contributed by atoms with E-state index >= 15 is 0 Å². The molecule has 102 valence electrons. The van der Waals surface area contributed by atoms with E-state index in [1.54, 1.807) is 18.2 Å². The molecule has 1 fully saturated rings. The van der Waals surface area contributed by atoms with Gasteiger partial charge in [-0.05, 0) is 18.9 Å². The van der Waals surface area contributed by atoms with E-state index in [4.69, 9.17) is 0 Å². The predicted octanol–water partition coefficient (Wildman–Crippen LogP) is 3.98. The Morgan fingerprint density at radius 2 is 1.89 bits per heavy atom. The zero-order valence-electron chi connectivity index (χ0n) is 10.7. The van der Waals surface area contributed by atoms with E-state index in [9.17, 15) is 14.9 Å². The Bertz CT molecular complexity index is 476. The van der Waals surface area contributed by atoms with Crippen LogP contribution in [0.2, 0.25) is 0 Å². The number of Topliss-reactive ketones (excluding diaryl/α,β-unsaturated/α-hetero) is 1. The third-order valence-electron chi connectivity index (χ3n) is 3.33. The number of ketones is 1. The lowest BCUT2D eigenvalue weighted by molar-refractivity contribution is -0.387. The molecule has 2 rings (SSSR count). The molecule has 1 aromatic rings. The monoisotopic (exact) mass is 279 g/mol. The fraction of sp³-hybridized carbons (Fsp3) is 0.500. The van der Waals surface area contributed by atoms with Gasteiger partial charge in [0.15, 0.2) is 0 Å². The van der Waals surface area contributed by atoms with Crippen molar-refractivity contribution in [3.05, 3.63) is 34.4 Å². The van der Waals surface area contributed by atoms with Crippen molar-refractivity contribution in [2.45, 2.75) is 48.7 Å². The first-order valence-electron chi connectivity index (χ1n) is 6.61. The maximum atomic E-state index is 12.1. The van der Waals surface area contributed by atoms with Crippen LogP contribution in [0.5, 0.6) is 0 Å². The van der Waals surface area contributed by atoms with Gasteiger partial charge in [0.2, 0.25) is 0 Å². The quantitative estimate of drug-likeness (QED) is 0.620. The zero-order chi connectivity index (χ0) is 13.7. The molecule has 0 heterocycles.